The zero-order chi connectivity index (χ0) is 12.4. The Balaban J connectivity index is 2.27. The van der Waals surface area contributed by atoms with Gasteiger partial charge < -0.3 is 21.4 Å². The number of rotatable bonds is 3. The molecular weight excluding hydrogens is 333 g/mol. The van der Waals surface area contributed by atoms with E-state index in [-0.39, 0.29) is 0 Å². The van der Waals surface area contributed by atoms with Gasteiger partial charge in [-0.2, -0.15) is 0 Å². The maximum absolute atomic E-state index is 10.6. The number of aromatic nitrogens is 2. The molecule has 6 nitrogen and oxygen atoms in total. The van der Waals surface area contributed by atoms with Gasteiger partial charge in [0.15, 0.2) is 0 Å². The van der Waals surface area contributed by atoms with Crippen molar-refractivity contribution in [2.75, 3.05) is 12.3 Å². The number of hydrogen-bond donors (Lipinski definition) is 3. The molecule has 0 unspecified atom stereocenters. The molecule has 2 rings (SSSR count). The summed E-state index contributed by atoms with van der Waals surface area (Å²) in [5, 5.41) is 2.52. The maximum atomic E-state index is 10.6. The Bertz CT molecular complexity index is 565. The molecule has 2 aromatic rings. The Morgan fingerprint density at radius 2 is 2.29 bits per heavy atom. The number of nitrogen functional groups attached to an aromatic ring is 1. The fraction of sp³-hybridized carbons (Fsp3) is 0.200. The Labute approximate surface area is 111 Å². The number of nitrogens with one attached hydrogen (secondary N) is 1. The number of amides is 2. The minimum absolute atomic E-state index is 0.428. The molecule has 0 bridgehead atoms. The van der Waals surface area contributed by atoms with Gasteiger partial charge in [0.1, 0.15) is 0 Å². The maximum Gasteiger partial charge on any atom is 0.312 e. The van der Waals surface area contributed by atoms with Crippen LogP contribution in [0.25, 0.3) is 11.0 Å². The van der Waals surface area contributed by atoms with Gasteiger partial charge in [0.2, 0.25) is 5.95 Å². The smallest absolute Gasteiger partial charge is 0.312 e. The molecule has 0 spiro atoms. The minimum atomic E-state index is -0.539. The van der Waals surface area contributed by atoms with E-state index in [0.29, 0.717) is 19.0 Å². The molecule has 0 fully saturated rings. The number of benzene rings is 1. The molecule has 0 aliphatic carbocycles. The van der Waals surface area contributed by atoms with Gasteiger partial charge in [-0.25, -0.2) is 9.78 Å². The summed E-state index contributed by atoms with van der Waals surface area (Å²) in [7, 11) is 0. The van der Waals surface area contributed by atoms with E-state index < -0.39 is 6.03 Å². The lowest BCUT2D eigenvalue weighted by Gasteiger charge is -2.06. The number of nitrogens with zero attached hydrogens (tertiary/aromatic N) is 2. The van der Waals surface area contributed by atoms with Crippen LogP contribution in [0.2, 0.25) is 0 Å². The Kier molecular flexibility index (Phi) is 3.36. The monoisotopic (exact) mass is 345 g/mol. The number of hydrogen-bond acceptors (Lipinski definition) is 3. The molecule has 17 heavy (non-hydrogen) atoms. The van der Waals surface area contributed by atoms with Crippen LogP contribution in [0, 0.1) is 3.57 Å². The van der Waals surface area contributed by atoms with Gasteiger partial charge in [0, 0.05) is 16.7 Å². The Morgan fingerprint density at radius 3 is 3.00 bits per heavy atom. The quantitative estimate of drug-likeness (QED) is 0.721. The van der Waals surface area contributed by atoms with Gasteiger partial charge in [-0.05, 0) is 40.8 Å². The molecule has 0 aliphatic rings. The predicted molar refractivity (Wildman–Crippen MR) is 74.4 cm³/mol. The van der Waals surface area contributed by atoms with Crippen molar-refractivity contribution < 1.29 is 4.79 Å². The summed E-state index contributed by atoms with van der Waals surface area (Å²) in [5.41, 5.74) is 12.6. The molecule has 0 radical (unpaired) electrons. The van der Waals surface area contributed by atoms with Crippen LogP contribution in [0.3, 0.4) is 0 Å². The molecule has 1 aromatic heterocycles. The van der Waals surface area contributed by atoms with E-state index in [1.54, 1.807) is 0 Å². The van der Waals surface area contributed by atoms with E-state index in [4.69, 9.17) is 11.5 Å². The second-order valence-corrected chi connectivity index (χ2v) is 4.79. The first-order valence-electron chi connectivity index (χ1n) is 5.02. The number of carbonyl (C=O) groups excluding carboxylic acids is 1. The first-order chi connectivity index (χ1) is 8.08. The molecule has 0 atom stereocenters. The molecule has 0 saturated heterocycles. The van der Waals surface area contributed by atoms with E-state index >= 15 is 0 Å². The third kappa shape index (κ3) is 2.60. The number of primary amides is 1. The lowest BCUT2D eigenvalue weighted by atomic mass is 10.3. The van der Waals surface area contributed by atoms with E-state index in [1.807, 2.05) is 22.8 Å². The number of nitrogens with two attached hydrogens (primary N) is 2. The number of halogens is 1. The van der Waals surface area contributed by atoms with Crippen LogP contribution in [0.15, 0.2) is 18.2 Å². The van der Waals surface area contributed by atoms with Gasteiger partial charge >= 0.3 is 6.03 Å². The molecule has 1 aromatic carbocycles. The number of imidazole rings is 1. The lowest BCUT2D eigenvalue weighted by Crippen LogP contribution is -2.32. The highest BCUT2D eigenvalue weighted by Crippen LogP contribution is 2.19. The van der Waals surface area contributed by atoms with Crippen LogP contribution in [-0.2, 0) is 6.54 Å². The van der Waals surface area contributed by atoms with Crippen molar-refractivity contribution in [1.29, 1.82) is 0 Å². The summed E-state index contributed by atoms with van der Waals surface area (Å²) >= 11 is 2.22. The van der Waals surface area contributed by atoms with Crippen LogP contribution in [0.1, 0.15) is 0 Å². The average molecular weight is 345 g/mol. The van der Waals surface area contributed by atoms with Gasteiger partial charge in [-0.1, -0.05) is 0 Å². The standard InChI is InChI=1S/C10H12IN5O/c11-6-1-2-8-7(5-6)15-9(12)16(8)4-3-14-10(13)17/h1-2,5H,3-4H2,(H2,12,15)(H3,13,14,17). The zero-order valence-electron chi connectivity index (χ0n) is 8.98. The zero-order valence-corrected chi connectivity index (χ0v) is 11.1. The van der Waals surface area contributed by atoms with E-state index in [0.717, 1.165) is 14.6 Å². The number of fused-ring (bicyclic) bond motifs is 1. The van der Waals surface area contributed by atoms with Crippen molar-refractivity contribution in [3.05, 3.63) is 21.8 Å². The second kappa shape index (κ2) is 4.78. The number of carbonyl (C=O) groups is 1. The highest BCUT2D eigenvalue weighted by molar-refractivity contribution is 14.1. The van der Waals surface area contributed by atoms with Crippen molar-refractivity contribution in [1.82, 2.24) is 14.9 Å². The van der Waals surface area contributed by atoms with Gasteiger partial charge in [-0.15, -0.1) is 0 Å². The molecule has 90 valence electrons. The molecular formula is C10H12IN5O. The highest BCUT2D eigenvalue weighted by Gasteiger charge is 2.07. The largest absolute Gasteiger partial charge is 0.369 e. The summed E-state index contributed by atoms with van der Waals surface area (Å²) in [4.78, 5) is 14.8. The van der Waals surface area contributed by atoms with Crippen molar-refractivity contribution in [2.45, 2.75) is 6.54 Å². The van der Waals surface area contributed by atoms with Gasteiger partial charge in [-0.3, -0.25) is 0 Å². The van der Waals surface area contributed by atoms with Crippen molar-refractivity contribution in [3.8, 4) is 0 Å². The summed E-state index contributed by atoms with van der Waals surface area (Å²) < 4.78 is 2.96. The summed E-state index contributed by atoms with van der Waals surface area (Å²) in [6.45, 7) is 0.975. The number of urea groups is 1. The third-order valence-corrected chi connectivity index (χ3v) is 3.05. The summed E-state index contributed by atoms with van der Waals surface area (Å²) in [6, 6.07) is 5.37. The second-order valence-electron chi connectivity index (χ2n) is 3.55. The van der Waals surface area contributed by atoms with Crippen LogP contribution < -0.4 is 16.8 Å². The first kappa shape index (κ1) is 12.0. The first-order valence-corrected chi connectivity index (χ1v) is 6.10. The molecule has 0 aliphatic heterocycles. The molecule has 2 amide bonds. The fourth-order valence-corrected chi connectivity index (χ4v) is 2.12. The van der Waals surface area contributed by atoms with E-state index in [2.05, 4.69) is 32.9 Å². The van der Waals surface area contributed by atoms with Gasteiger partial charge in [0.05, 0.1) is 11.0 Å². The topological polar surface area (TPSA) is 99.0 Å². The Hall–Kier alpha value is -1.51. The van der Waals surface area contributed by atoms with Crippen LogP contribution in [0.4, 0.5) is 10.7 Å². The SMILES string of the molecule is NC(=O)NCCn1c(N)nc2cc(I)ccc21. The molecule has 0 saturated carbocycles. The molecule has 7 heteroatoms. The van der Waals surface area contributed by atoms with Gasteiger partial charge in [0.25, 0.3) is 0 Å². The third-order valence-electron chi connectivity index (χ3n) is 2.37. The minimum Gasteiger partial charge on any atom is -0.369 e. The normalized spacial score (nSPS) is 10.6. The van der Waals surface area contributed by atoms with Crippen LogP contribution >= 0.6 is 22.6 Å². The number of anilines is 1. The predicted octanol–water partition coefficient (Wildman–Crippen LogP) is 0.891. The lowest BCUT2D eigenvalue weighted by molar-refractivity contribution is 0.248. The summed E-state index contributed by atoms with van der Waals surface area (Å²) in [5.74, 6) is 0.438. The molecule has 1 heterocycles. The molecule has 5 N–H and O–H groups in total. The van der Waals surface area contributed by atoms with Crippen molar-refractivity contribution in [3.63, 3.8) is 0 Å². The van der Waals surface area contributed by atoms with Crippen molar-refractivity contribution in [2.24, 2.45) is 5.73 Å². The van der Waals surface area contributed by atoms with E-state index in [1.165, 1.54) is 0 Å². The van der Waals surface area contributed by atoms with Crippen LogP contribution in [-0.4, -0.2) is 22.1 Å². The summed E-state index contributed by atoms with van der Waals surface area (Å²) in [6.07, 6.45) is 0. The van der Waals surface area contributed by atoms with Crippen LogP contribution in [0.5, 0.6) is 0 Å². The van der Waals surface area contributed by atoms with E-state index in [9.17, 15) is 4.79 Å². The average Bonchev–Trinajstić information content (AvgIpc) is 2.54. The van der Waals surface area contributed by atoms with Crippen molar-refractivity contribution >= 4 is 45.6 Å². The Morgan fingerprint density at radius 1 is 1.53 bits per heavy atom. The highest BCUT2D eigenvalue weighted by atomic mass is 127. The fourth-order valence-electron chi connectivity index (χ4n) is 1.65.